The van der Waals surface area contributed by atoms with Crippen LogP contribution in [0.5, 0.6) is 0 Å². The van der Waals surface area contributed by atoms with Gasteiger partial charge in [0.2, 0.25) is 5.91 Å². The molecule has 2 aromatic rings. The molecule has 0 aromatic carbocycles. The molecule has 2 fully saturated rings. The van der Waals surface area contributed by atoms with Gasteiger partial charge in [0, 0.05) is 51.9 Å². The van der Waals surface area contributed by atoms with E-state index in [2.05, 4.69) is 10.4 Å². The molecule has 2 amide bonds. The highest BCUT2D eigenvalue weighted by Gasteiger charge is 2.49. The highest BCUT2D eigenvalue weighted by atomic mass is 16.2. The summed E-state index contributed by atoms with van der Waals surface area (Å²) >= 11 is 0. The Hall–Kier alpha value is -2.57. The number of nitrogens with one attached hydrogen (secondary N) is 1. The Morgan fingerprint density at radius 1 is 1.32 bits per heavy atom. The molecule has 0 bridgehead atoms. The Morgan fingerprint density at radius 3 is 2.68 bits per heavy atom. The van der Waals surface area contributed by atoms with E-state index in [1.807, 2.05) is 54.3 Å². The molecule has 25 heavy (non-hydrogen) atoms. The summed E-state index contributed by atoms with van der Waals surface area (Å²) in [6, 6.07) is 3.73. The lowest BCUT2D eigenvalue weighted by atomic mass is 9.75. The van der Waals surface area contributed by atoms with Crippen LogP contribution in [-0.2, 0) is 18.9 Å². The summed E-state index contributed by atoms with van der Waals surface area (Å²) in [7, 11) is 3.77. The third-order valence-electron chi connectivity index (χ3n) is 5.68. The van der Waals surface area contributed by atoms with Crippen LogP contribution in [0.4, 0.5) is 0 Å². The quantitative estimate of drug-likeness (QED) is 0.887. The topological polar surface area (TPSA) is 72.2 Å². The van der Waals surface area contributed by atoms with E-state index >= 15 is 0 Å². The minimum absolute atomic E-state index is 0.0598. The van der Waals surface area contributed by atoms with E-state index in [1.54, 1.807) is 4.68 Å². The summed E-state index contributed by atoms with van der Waals surface area (Å²) in [6.45, 7) is 1.31. The van der Waals surface area contributed by atoms with Crippen LogP contribution in [0.15, 0.2) is 30.7 Å². The van der Waals surface area contributed by atoms with Gasteiger partial charge < -0.3 is 14.8 Å². The molecule has 132 valence electrons. The molecule has 2 aliphatic heterocycles. The molecule has 1 atom stereocenters. The maximum absolute atomic E-state index is 12.7. The van der Waals surface area contributed by atoms with E-state index in [0.29, 0.717) is 25.2 Å². The van der Waals surface area contributed by atoms with Crippen molar-refractivity contribution in [1.82, 2.24) is 24.6 Å². The van der Waals surface area contributed by atoms with Crippen LogP contribution in [0.25, 0.3) is 0 Å². The molecule has 2 aliphatic rings. The molecule has 4 heterocycles. The van der Waals surface area contributed by atoms with E-state index in [1.165, 1.54) is 0 Å². The fourth-order valence-electron chi connectivity index (χ4n) is 4.28. The first-order chi connectivity index (χ1) is 12.0. The SMILES string of the molecule is Cn1cc([C@@H]2CC(=O)NC23CCN(C(=O)c2cccn2C)CC3)cn1. The van der Waals surface area contributed by atoms with Gasteiger partial charge in [0.15, 0.2) is 0 Å². The molecule has 4 rings (SSSR count). The molecular weight excluding hydrogens is 318 g/mol. The van der Waals surface area contributed by atoms with E-state index in [4.69, 9.17) is 0 Å². The van der Waals surface area contributed by atoms with Crippen LogP contribution in [0, 0.1) is 0 Å². The van der Waals surface area contributed by atoms with E-state index in [-0.39, 0.29) is 23.3 Å². The van der Waals surface area contributed by atoms with Crippen molar-refractivity contribution >= 4 is 11.8 Å². The second-order valence-corrected chi connectivity index (χ2v) is 7.20. The van der Waals surface area contributed by atoms with Gasteiger partial charge in [0.05, 0.1) is 11.7 Å². The minimum atomic E-state index is -0.259. The molecule has 7 nitrogen and oxygen atoms in total. The van der Waals surface area contributed by atoms with Crippen molar-refractivity contribution in [3.63, 3.8) is 0 Å². The second-order valence-electron chi connectivity index (χ2n) is 7.20. The number of carbonyl (C=O) groups excluding carboxylic acids is 2. The molecular formula is C18H23N5O2. The smallest absolute Gasteiger partial charge is 0.270 e. The lowest BCUT2D eigenvalue weighted by Crippen LogP contribution is -2.54. The fourth-order valence-corrected chi connectivity index (χ4v) is 4.28. The van der Waals surface area contributed by atoms with Crippen LogP contribution in [0.2, 0.25) is 0 Å². The van der Waals surface area contributed by atoms with Crippen molar-refractivity contribution in [3.8, 4) is 0 Å². The van der Waals surface area contributed by atoms with Gasteiger partial charge in [-0.25, -0.2) is 0 Å². The van der Waals surface area contributed by atoms with E-state index < -0.39 is 0 Å². The van der Waals surface area contributed by atoms with Gasteiger partial charge in [0.1, 0.15) is 5.69 Å². The third kappa shape index (κ3) is 2.63. The summed E-state index contributed by atoms with van der Waals surface area (Å²) in [5.74, 6) is 0.279. The molecule has 0 unspecified atom stereocenters. The van der Waals surface area contributed by atoms with Crippen molar-refractivity contribution in [2.45, 2.75) is 30.7 Å². The first-order valence-corrected chi connectivity index (χ1v) is 8.69. The first kappa shape index (κ1) is 15.9. The van der Waals surface area contributed by atoms with Crippen LogP contribution < -0.4 is 5.32 Å². The lowest BCUT2D eigenvalue weighted by Gasteiger charge is -2.42. The first-order valence-electron chi connectivity index (χ1n) is 8.69. The van der Waals surface area contributed by atoms with Gasteiger partial charge in [-0.05, 0) is 30.5 Å². The molecule has 1 N–H and O–H groups in total. The average Bonchev–Trinajstić information content (AvgIpc) is 3.27. The van der Waals surface area contributed by atoms with Gasteiger partial charge in [-0.15, -0.1) is 0 Å². The van der Waals surface area contributed by atoms with Crippen LogP contribution in [-0.4, -0.2) is 49.7 Å². The zero-order valence-electron chi connectivity index (χ0n) is 14.6. The van der Waals surface area contributed by atoms with Crippen LogP contribution in [0.3, 0.4) is 0 Å². The molecule has 0 saturated carbocycles. The summed E-state index contributed by atoms with van der Waals surface area (Å²) in [4.78, 5) is 26.7. The Balaban J connectivity index is 1.52. The zero-order chi connectivity index (χ0) is 17.6. The summed E-state index contributed by atoms with van der Waals surface area (Å²) in [6.07, 6.45) is 7.77. The number of aromatic nitrogens is 3. The number of nitrogens with zero attached hydrogens (tertiary/aromatic N) is 4. The number of rotatable bonds is 2. The number of hydrogen-bond donors (Lipinski definition) is 1. The van der Waals surface area contributed by atoms with Crippen molar-refractivity contribution in [2.24, 2.45) is 14.1 Å². The number of amides is 2. The Labute approximate surface area is 146 Å². The predicted molar refractivity (Wildman–Crippen MR) is 92.0 cm³/mol. The summed E-state index contributed by atoms with van der Waals surface area (Å²) in [5.41, 5.74) is 1.55. The number of likely N-dealkylation sites (tertiary alicyclic amines) is 1. The number of piperidine rings is 1. The lowest BCUT2D eigenvalue weighted by molar-refractivity contribution is -0.120. The molecule has 2 aromatic heterocycles. The van der Waals surface area contributed by atoms with E-state index in [0.717, 1.165) is 18.4 Å². The Kier molecular flexibility index (Phi) is 3.67. The summed E-state index contributed by atoms with van der Waals surface area (Å²) in [5, 5.41) is 7.47. The van der Waals surface area contributed by atoms with Crippen molar-refractivity contribution in [2.75, 3.05) is 13.1 Å². The van der Waals surface area contributed by atoms with Crippen LogP contribution >= 0.6 is 0 Å². The van der Waals surface area contributed by atoms with Crippen molar-refractivity contribution < 1.29 is 9.59 Å². The molecule has 7 heteroatoms. The van der Waals surface area contributed by atoms with Crippen LogP contribution in [0.1, 0.15) is 41.2 Å². The Bertz CT molecular complexity index is 813. The van der Waals surface area contributed by atoms with Gasteiger partial charge in [-0.2, -0.15) is 5.10 Å². The number of hydrogen-bond acceptors (Lipinski definition) is 3. The molecule has 0 aliphatic carbocycles. The number of carbonyl (C=O) groups is 2. The maximum atomic E-state index is 12.7. The standard InChI is InChI=1S/C18H23N5O2/c1-21-7-3-4-15(21)17(25)23-8-5-18(6-9-23)14(10-16(24)20-18)13-11-19-22(2)12-13/h3-4,7,11-12,14H,5-6,8-10H2,1-2H3,(H,20,24)/t14-/m0/s1. The van der Waals surface area contributed by atoms with E-state index in [9.17, 15) is 9.59 Å². The van der Waals surface area contributed by atoms with Gasteiger partial charge >= 0.3 is 0 Å². The average molecular weight is 341 g/mol. The van der Waals surface area contributed by atoms with Gasteiger partial charge in [-0.1, -0.05) is 0 Å². The second kappa shape index (κ2) is 5.75. The molecule has 2 saturated heterocycles. The normalized spacial score (nSPS) is 22.4. The molecule has 1 spiro atoms. The van der Waals surface area contributed by atoms with Crippen molar-refractivity contribution in [1.29, 1.82) is 0 Å². The predicted octanol–water partition coefficient (Wildman–Crippen LogP) is 1.04. The summed E-state index contributed by atoms with van der Waals surface area (Å²) < 4.78 is 3.63. The third-order valence-corrected chi connectivity index (χ3v) is 5.68. The largest absolute Gasteiger partial charge is 0.350 e. The molecule has 0 radical (unpaired) electrons. The minimum Gasteiger partial charge on any atom is -0.350 e. The van der Waals surface area contributed by atoms with Gasteiger partial charge in [-0.3, -0.25) is 14.3 Å². The highest BCUT2D eigenvalue weighted by molar-refractivity contribution is 5.93. The Morgan fingerprint density at radius 2 is 2.08 bits per heavy atom. The number of aryl methyl sites for hydroxylation is 2. The fraction of sp³-hybridized carbons (Fsp3) is 0.500. The zero-order valence-corrected chi connectivity index (χ0v) is 14.6. The van der Waals surface area contributed by atoms with Crippen molar-refractivity contribution in [3.05, 3.63) is 42.0 Å². The monoisotopic (exact) mass is 341 g/mol. The highest BCUT2D eigenvalue weighted by Crippen LogP contribution is 2.43. The van der Waals surface area contributed by atoms with Gasteiger partial charge in [0.25, 0.3) is 5.91 Å². The maximum Gasteiger partial charge on any atom is 0.270 e.